The molecule has 1 nitrogen and oxygen atoms in total. The molecule has 0 spiro atoms. The smallest absolute Gasteiger partial charge is 0.184 e. The van der Waals surface area contributed by atoms with Gasteiger partial charge in [-0.05, 0) is 29.5 Å². The number of carbonyl (C=O) groups excluding carboxylic acids is 1. The van der Waals surface area contributed by atoms with Crippen LogP contribution in [0.4, 0.5) is 0 Å². The van der Waals surface area contributed by atoms with Crippen LogP contribution < -0.4 is 0 Å². The number of Topliss-reactive ketones (excluding diaryl/α,β-unsaturated/α-hetero) is 1. The van der Waals surface area contributed by atoms with Gasteiger partial charge >= 0.3 is 0 Å². The van der Waals surface area contributed by atoms with E-state index in [1.807, 2.05) is 0 Å². The number of ketones is 1. The average Bonchev–Trinajstić information content (AvgIpc) is 2.15. The van der Waals surface area contributed by atoms with Gasteiger partial charge in [0.2, 0.25) is 0 Å². The number of benzene rings is 1. The Labute approximate surface area is 96.8 Å². The highest BCUT2D eigenvalue weighted by Gasteiger charge is 2.24. The molecule has 80 valence electrons. The van der Waals surface area contributed by atoms with Crippen LogP contribution in [-0.4, -0.2) is 13.9 Å². The number of hydrogen-bond donors (Lipinski definition) is 0. The standard InChI is InChI=1S/C12H15ClOSi/c1-9(15(2,3)4)12(14)10-5-7-11(13)8-6-10/h5-8H,1H2,2-4H3. The van der Waals surface area contributed by atoms with E-state index in [0.717, 1.165) is 5.20 Å². The zero-order chi connectivity index (χ0) is 11.6. The normalized spacial score (nSPS) is 11.2. The van der Waals surface area contributed by atoms with Crippen molar-refractivity contribution < 1.29 is 4.79 Å². The molecule has 0 aliphatic rings. The van der Waals surface area contributed by atoms with Crippen LogP contribution in [0.25, 0.3) is 0 Å². The first-order chi connectivity index (χ1) is 6.82. The maximum atomic E-state index is 12.0. The second-order valence-electron chi connectivity index (χ2n) is 4.56. The molecule has 0 fully saturated rings. The van der Waals surface area contributed by atoms with E-state index in [-0.39, 0.29) is 5.78 Å². The summed E-state index contributed by atoms with van der Waals surface area (Å²) in [7, 11) is -1.60. The molecule has 0 aliphatic carbocycles. The summed E-state index contributed by atoms with van der Waals surface area (Å²) in [5.74, 6) is 0.0471. The molecule has 1 aromatic carbocycles. The largest absolute Gasteiger partial charge is 0.289 e. The Hall–Kier alpha value is -0.863. The summed E-state index contributed by atoms with van der Waals surface area (Å²) in [6.45, 7) is 10.2. The van der Waals surface area contributed by atoms with Crippen molar-refractivity contribution in [2.24, 2.45) is 0 Å². The van der Waals surface area contributed by atoms with E-state index in [4.69, 9.17) is 11.6 Å². The van der Waals surface area contributed by atoms with Gasteiger partial charge in [0.05, 0.1) is 8.07 Å². The molecule has 0 unspecified atom stereocenters. The van der Waals surface area contributed by atoms with E-state index in [0.29, 0.717) is 10.6 Å². The number of rotatable bonds is 3. The summed E-state index contributed by atoms with van der Waals surface area (Å²) < 4.78 is 0. The Bertz CT molecular complexity index is 387. The van der Waals surface area contributed by atoms with E-state index in [9.17, 15) is 4.79 Å². The van der Waals surface area contributed by atoms with Gasteiger partial charge in [0, 0.05) is 10.6 Å². The Balaban J connectivity index is 2.96. The molecule has 0 aliphatic heterocycles. The van der Waals surface area contributed by atoms with E-state index in [2.05, 4.69) is 26.2 Å². The van der Waals surface area contributed by atoms with Gasteiger partial charge in [-0.25, -0.2) is 0 Å². The first-order valence-corrected chi connectivity index (χ1v) is 8.70. The fourth-order valence-electron chi connectivity index (χ4n) is 1.12. The highest BCUT2D eigenvalue weighted by atomic mass is 35.5. The quantitative estimate of drug-likeness (QED) is 0.443. The van der Waals surface area contributed by atoms with Gasteiger partial charge in [-0.3, -0.25) is 4.79 Å². The molecule has 1 rings (SSSR count). The van der Waals surface area contributed by atoms with Crippen molar-refractivity contribution in [2.45, 2.75) is 19.6 Å². The monoisotopic (exact) mass is 238 g/mol. The van der Waals surface area contributed by atoms with Crippen molar-refractivity contribution in [3.63, 3.8) is 0 Å². The van der Waals surface area contributed by atoms with Crippen molar-refractivity contribution in [3.8, 4) is 0 Å². The van der Waals surface area contributed by atoms with E-state index >= 15 is 0 Å². The third kappa shape index (κ3) is 3.04. The lowest BCUT2D eigenvalue weighted by molar-refractivity contribution is 0.104. The number of halogens is 1. The SMILES string of the molecule is C=C(C(=O)c1ccc(Cl)cc1)[Si](C)(C)C. The molecule has 0 N–H and O–H groups in total. The van der Waals surface area contributed by atoms with Gasteiger partial charge in [0.1, 0.15) is 0 Å². The number of allylic oxidation sites excluding steroid dienone is 1. The summed E-state index contributed by atoms with van der Waals surface area (Å²) in [6, 6.07) is 6.95. The maximum absolute atomic E-state index is 12.0. The van der Waals surface area contributed by atoms with Crippen molar-refractivity contribution in [2.75, 3.05) is 0 Å². The fraction of sp³-hybridized carbons (Fsp3) is 0.250. The highest BCUT2D eigenvalue weighted by Crippen LogP contribution is 2.19. The van der Waals surface area contributed by atoms with Crippen LogP contribution in [0.1, 0.15) is 10.4 Å². The third-order valence-corrected chi connectivity index (χ3v) is 4.58. The van der Waals surface area contributed by atoms with Crippen LogP contribution >= 0.6 is 11.6 Å². The predicted octanol–water partition coefficient (Wildman–Crippen LogP) is 3.96. The van der Waals surface area contributed by atoms with E-state index in [1.165, 1.54) is 0 Å². The van der Waals surface area contributed by atoms with Gasteiger partial charge in [0.15, 0.2) is 5.78 Å². The third-order valence-electron chi connectivity index (χ3n) is 2.29. The second-order valence-corrected chi connectivity index (χ2v) is 10.1. The molecular formula is C12H15ClOSi. The van der Waals surface area contributed by atoms with Crippen LogP contribution in [0.2, 0.25) is 24.7 Å². The molecule has 1 aromatic rings. The molecule has 0 saturated heterocycles. The van der Waals surface area contributed by atoms with Crippen LogP contribution in [0.5, 0.6) is 0 Å². The van der Waals surface area contributed by atoms with Gasteiger partial charge in [-0.2, -0.15) is 0 Å². The highest BCUT2D eigenvalue weighted by molar-refractivity contribution is 6.87. The van der Waals surface area contributed by atoms with Gasteiger partial charge in [-0.1, -0.05) is 37.8 Å². The minimum absolute atomic E-state index is 0.0471. The maximum Gasteiger partial charge on any atom is 0.184 e. The van der Waals surface area contributed by atoms with Gasteiger partial charge in [-0.15, -0.1) is 0 Å². The summed E-state index contributed by atoms with van der Waals surface area (Å²) >= 11 is 5.76. The molecule has 0 saturated carbocycles. The van der Waals surface area contributed by atoms with E-state index < -0.39 is 8.07 Å². The summed E-state index contributed by atoms with van der Waals surface area (Å²) in [5, 5.41) is 1.40. The lowest BCUT2D eigenvalue weighted by Crippen LogP contribution is -2.28. The Morgan fingerprint density at radius 2 is 1.67 bits per heavy atom. The molecule has 0 aromatic heterocycles. The van der Waals surface area contributed by atoms with Crippen LogP contribution in [-0.2, 0) is 0 Å². The molecular weight excluding hydrogens is 224 g/mol. The number of hydrogen-bond acceptors (Lipinski definition) is 1. The first-order valence-electron chi connectivity index (χ1n) is 4.82. The Kier molecular flexibility index (Phi) is 3.53. The van der Waals surface area contributed by atoms with Crippen molar-refractivity contribution in [1.29, 1.82) is 0 Å². The molecule has 3 heteroatoms. The van der Waals surface area contributed by atoms with Crippen LogP contribution in [0, 0.1) is 0 Å². The van der Waals surface area contributed by atoms with Crippen LogP contribution in [0.15, 0.2) is 36.0 Å². The molecule has 15 heavy (non-hydrogen) atoms. The Morgan fingerprint density at radius 3 is 2.07 bits per heavy atom. The van der Waals surface area contributed by atoms with Crippen molar-refractivity contribution >= 4 is 25.5 Å². The Morgan fingerprint density at radius 1 is 1.20 bits per heavy atom. The zero-order valence-corrected chi connectivity index (χ0v) is 11.1. The van der Waals surface area contributed by atoms with Gasteiger partial charge in [0.25, 0.3) is 0 Å². The molecule has 0 amide bonds. The first kappa shape index (κ1) is 12.2. The second kappa shape index (κ2) is 4.33. The van der Waals surface area contributed by atoms with Crippen molar-refractivity contribution in [1.82, 2.24) is 0 Å². The summed E-state index contributed by atoms with van der Waals surface area (Å²) in [6.07, 6.45) is 0. The minimum Gasteiger partial charge on any atom is -0.289 e. The van der Waals surface area contributed by atoms with Gasteiger partial charge < -0.3 is 0 Å². The number of carbonyl (C=O) groups is 1. The molecule has 0 radical (unpaired) electrons. The van der Waals surface area contributed by atoms with E-state index in [1.54, 1.807) is 24.3 Å². The molecule has 0 atom stereocenters. The van der Waals surface area contributed by atoms with Crippen molar-refractivity contribution in [3.05, 3.63) is 46.6 Å². The minimum atomic E-state index is -1.60. The topological polar surface area (TPSA) is 17.1 Å². The summed E-state index contributed by atoms with van der Waals surface area (Å²) in [4.78, 5) is 12.0. The molecule has 0 heterocycles. The summed E-state index contributed by atoms with van der Waals surface area (Å²) in [5.41, 5.74) is 0.673. The zero-order valence-electron chi connectivity index (χ0n) is 9.30. The van der Waals surface area contributed by atoms with Crippen LogP contribution in [0.3, 0.4) is 0 Å². The average molecular weight is 239 g/mol. The fourth-order valence-corrected chi connectivity index (χ4v) is 2.07. The predicted molar refractivity (Wildman–Crippen MR) is 68.3 cm³/mol. The lowest BCUT2D eigenvalue weighted by Gasteiger charge is -2.18. The molecule has 0 bridgehead atoms. The lowest BCUT2D eigenvalue weighted by atomic mass is 10.1.